The first-order chi connectivity index (χ1) is 34.6. The van der Waals surface area contributed by atoms with Crippen LogP contribution in [0.15, 0.2) is 71.7 Å². The molecule has 3 saturated carbocycles. The van der Waals surface area contributed by atoms with E-state index in [9.17, 15) is 24.3 Å². The van der Waals surface area contributed by atoms with Gasteiger partial charge in [-0.3, -0.25) is 15.0 Å². The van der Waals surface area contributed by atoms with Gasteiger partial charge in [0.15, 0.2) is 10.3 Å². The van der Waals surface area contributed by atoms with Crippen molar-refractivity contribution in [3.8, 4) is 6.07 Å². The predicted molar refractivity (Wildman–Crippen MR) is 297 cm³/mol. The Bertz CT molecular complexity index is 2340. The van der Waals surface area contributed by atoms with Crippen LogP contribution in [0.5, 0.6) is 0 Å². The van der Waals surface area contributed by atoms with Crippen LogP contribution in [-0.4, -0.2) is 73.4 Å². The molecule has 3 amide bonds. The lowest BCUT2D eigenvalue weighted by Gasteiger charge is -2.32. The van der Waals surface area contributed by atoms with Crippen LogP contribution in [-0.2, 0) is 31.0 Å². The number of carbonyl (C=O) groups is 4. The van der Waals surface area contributed by atoms with Crippen molar-refractivity contribution < 1.29 is 29.0 Å². The third-order valence-corrected chi connectivity index (χ3v) is 15.4. The second-order valence-corrected chi connectivity index (χ2v) is 22.4. The average Bonchev–Trinajstić information content (AvgIpc) is 4.17. The van der Waals surface area contributed by atoms with Gasteiger partial charge in [-0.2, -0.15) is 5.26 Å². The summed E-state index contributed by atoms with van der Waals surface area (Å²) in [6, 6.07) is 16.1. The third kappa shape index (κ3) is 20.9. The molecule has 3 fully saturated rings. The minimum atomic E-state index is -0.989. The lowest BCUT2D eigenvalue weighted by atomic mass is 9.84. The molecule has 398 valence electrons. The summed E-state index contributed by atoms with van der Waals surface area (Å²) in [6.45, 7) is 5.90. The van der Waals surface area contributed by atoms with Crippen LogP contribution in [0.25, 0.3) is 0 Å². The van der Waals surface area contributed by atoms with Gasteiger partial charge in [-0.25, -0.2) is 19.6 Å². The molecule has 0 saturated heterocycles. The lowest BCUT2D eigenvalue weighted by molar-refractivity contribution is -0.140. The van der Waals surface area contributed by atoms with E-state index in [1.807, 2.05) is 58.1 Å². The molecule has 2 aromatic heterocycles. The molecule has 18 heteroatoms. The van der Waals surface area contributed by atoms with E-state index >= 15 is 0 Å². The van der Waals surface area contributed by atoms with Crippen molar-refractivity contribution in [2.75, 3.05) is 10.6 Å². The maximum atomic E-state index is 13.1. The first kappa shape index (κ1) is 60.3. The second-order valence-electron chi connectivity index (χ2n) is 20.1. The summed E-state index contributed by atoms with van der Waals surface area (Å²) in [5.74, 6) is 0.915. The van der Waals surface area contributed by atoms with Crippen molar-refractivity contribution in [3.63, 3.8) is 0 Å². The molecule has 4 aliphatic rings. The zero-order valence-electron chi connectivity index (χ0n) is 42.1. The van der Waals surface area contributed by atoms with E-state index in [1.54, 1.807) is 33.2 Å². The largest absolute Gasteiger partial charge is 0.480 e. The van der Waals surface area contributed by atoms with Crippen molar-refractivity contribution in [2.24, 2.45) is 23.5 Å². The van der Waals surface area contributed by atoms with Crippen LogP contribution in [0.4, 0.5) is 15.1 Å². The minimum absolute atomic E-state index is 0. The Morgan fingerprint density at radius 3 is 1.79 bits per heavy atom. The topological polar surface area (TPSA) is 237 Å². The number of alkyl carbamates (subject to hydrolysis) is 1. The Balaban J connectivity index is 0.000000220. The van der Waals surface area contributed by atoms with Crippen LogP contribution < -0.4 is 21.7 Å². The number of nitrogens with one attached hydrogen (secondary N) is 4. The van der Waals surface area contributed by atoms with E-state index in [2.05, 4.69) is 54.0 Å². The van der Waals surface area contributed by atoms with E-state index in [0.29, 0.717) is 46.8 Å². The van der Waals surface area contributed by atoms with E-state index < -0.39 is 29.7 Å². The number of benzene rings is 2. The summed E-state index contributed by atoms with van der Waals surface area (Å²) < 4.78 is 5.09. The number of amidine groups is 1. The number of halogens is 1. The van der Waals surface area contributed by atoms with E-state index in [0.717, 1.165) is 66.1 Å². The molecular weight excluding hydrogens is 1030 g/mol. The number of aromatic nitrogens is 2. The molecule has 0 radical (unpaired) electrons. The normalized spacial score (nSPS) is 17.1. The fourth-order valence-corrected chi connectivity index (χ4v) is 11.3. The molecule has 7 N–H and O–H groups in total. The number of alkyl halides is 1. The van der Waals surface area contributed by atoms with Gasteiger partial charge in [-0.1, -0.05) is 162 Å². The van der Waals surface area contributed by atoms with Gasteiger partial charge < -0.3 is 36.4 Å². The molecule has 3 heterocycles. The molecule has 8 rings (SSSR count). The Kier molecular flexibility index (Phi) is 26.0. The van der Waals surface area contributed by atoms with Crippen molar-refractivity contribution in [1.29, 1.82) is 10.7 Å². The summed E-state index contributed by atoms with van der Waals surface area (Å²) in [5.41, 5.74) is 9.19. The van der Waals surface area contributed by atoms with E-state index in [-0.39, 0.29) is 25.3 Å². The predicted octanol–water partition coefficient (Wildman–Crippen LogP) is 12.7. The number of carboxylic acid groups (broad SMARTS) is 1. The van der Waals surface area contributed by atoms with Gasteiger partial charge in [-0.05, 0) is 75.0 Å². The number of hydrogen-bond donors (Lipinski definition) is 6. The van der Waals surface area contributed by atoms with Crippen molar-refractivity contribution >= 4 is 78.6 Å². The number of nitrogens with two attached hydrogens (primary N) is 1. The van der Waals surface area contributed by atoms with Gasteiger partial charge in [-0.15, -0.1) is 22.7 Å². The monoisotopic (exact) mass is 1100 g/mol. The van der Waals surface area contributed by atoms with Crippen molar-refractivity contribution in [3.05, 3.63) is 93.9 Å². The van der Waals surface area contributed by atoms with Gasteiger partial charge in [0.1, 0.15) is 23.5 Å². The molecule has 4 aromatic rings. The van der Waals surface area contributed by atoms with Crippen LogP contribution in [0.1, 0.15) is 166 Å². The lowest BCUT2D eigenvalue weighted by Crippen LogP contribution is -2.45. The maximum Gasteiger partial charge on any atom is 0.408 e. The number of hydrogen-bond acceptors (Lipinski definition) is 12. The summed E-state index contributed by atoms with van der Waals surface area (Å²) in [6.07, 6.45) is 23.0. The summed E-state index contributed by atoms with van der Waals surface area (Å²) in [7, 11) is 0. The first-order valence-electron chi connectivity index (χ1n) is 25.5. The number of thiazole rings is 2. The molecule has 0 spiro atoms. The summed E-state index contributed by atoms with van der Waals surface area (Å²) in [4.78, 5) is 57.9. The van der Waals surface area contributed by atoms with Crippen molar-refractivity contribution in [2.45, 2.75) is 179 Å². The van der Waals surface area contributed by atoms with Gasteiger partial charge in [0.2, 0.25) is 11.8 Å². The highest BCUT2D eigenvalue weighted by Crippen LogP contribution is 2.33. The quantitative estimate of drug-likeness (QED) is 0.0650. The zero-order valence-corrected chi connectivity index (χ0v) is 45.3. The van der Waals surface area contributed by atoms with Crippen LogP contribution in [0, 0.1) is 34.5 Å². The van der Waals surface area contributed by atoms with Gasteiger partial charge in [0, 0.05) is 40.6 Å². The Morgan fingerprint density at radius 1 is 0.808 bits per heavy atom. The number of amides is 3. The van der Waals surface area contributed by atoms with E-state index in [4.69, 9.17) is 21.1 Å². The first-order valence-corrected chi connectivity index (χ1v) is 28.4. The number of fused-ring (bicyclic) bond motifs is 1. The molecule has 15 nitrogen and oxygen atoms in total. The number of carbonyl (C=O) groups excluding carboxylic acids is 3. The molecule has 0 bridgehead atoms. The van der Waals surface area contributed by atoms with Crippen LogP contribution in [0.2, 0.25) is 0 Å². The standard InChI is InChI=1S/C20H24N4OS.C14H25NO4.C12H19N3OS.C8H6BrN.CH4/c21-18-16-9-5-4-8-15(16)13-24(18)17(12-14-6-2-1-3-7-14)19(25)23-20-22-10-11-26-20;1-14(2,3)19-13(18)15-11(12(16)17)9-10-7-5-4-6-8-10;13-10(8-9-4-2-1-3-5-9)11(16)15-12-14-6-7-17-12;9-5-7-3-1-2-4-8(7)6-10;/h4-5,8-11,14,17,21H,1-3,6-7,12-13H2,(H,22,23,25);10-11H,4-9H2,1-3H3,(H,15,18)(H,16,17);6-7,9-10H,1-5,8,13H2,(H,14,15,16);1-4H,5H2;1H4. The molecule has 1 aliphatic heterocycles. The summed E-state index contributed by atoms with van der Waals surface area (Å²) in [5, 5.41) is 40.3. The highest BCUT2D eigenvalue weighted by molar-refractivity contribution is 9.08. The second kappa shape index (κ2) is 31.5. The van der Waals surface area contributed by atoms with Gasteiger partial charge in [0.25, 0.3) is 0 Å². The number of nitrogens with zero attached hydrogens (tertiary/aromatic N) is 4. The van der Waals surface area contributed by atoms with Crippen LogP contribution in [0.3, 0.4) is 0 Å². The average molecular weight is 1110 g/mol. The number of carboxylic acids is 1. The molecule has 2 aromatic carbocycles. The smallest absolute Gasteiger partial charge is 0.408 e. The SMILES string of the molecule is C.CC(C)(C)OC(=O)NC(CC1CCCCC1)C(=O)O.N#Cc1ccccc1CBr.N=C1c2ccccc2CN1C(CC1CCCCC1)C(=O)Nc1nccs1.NC(CC1CCCCC1)C(=O)Nc1nccs1. The van der Waals surface area contributed by atoms with Gasteiger partial charge in [0.05, 0.1) is 17.7 Å². The number of aliphatic carboxylic acids is 1. The molecule has 3 unspecified atom stereocenters. The molecular formula is C55H78BrN9O6S2. The minimum Gasteiger partial charge on any atom is -0.480 e. The maximum absolute atomic E-state index is 13.1. The Hall–Kier alpha value is -5.22. The zero-order chi connectivity index (χ0) is 51.9. The molecule has 3 aliphatic carbocycles. The van der Waals surface area contributed by atoms with E-state index in [1.165, 1.54) is 93.3 Å². The third-order valence-electron chi connectivity index (χ3n) is 13.4. The highest BCUT2D eigenvalue weighted by atomic mass is 79.9. The number of ether oxygens (including phenoxy) is 1. The fraction of sp³-hybridized carbons (Fsp3) is 0.564. The fourth-order valence-electron chi connectivity index (χ4n) is 9.71. The number of rotatable bonds is 14. The number of nitriles is 1. The Labute approximate surface area is 449 Å². The van der Waals surface area contributed by atoms with Crippen LogP contribution >= 0.6 is 38.6 Å². The van der Waals surface area contributed by atoms with Gasteiger partial charge >= 0.3 is 12.1 Å². The van der Waals surface area contributed by atoms with Crippen molar-refractivity contribution in [1.82, 2.24) is 20.2 Å². The molecule has 3 atom stereocenters. The number of anilines is 2. The highest BCUT2D eigenvalue weighted by Gasteiger charge is 2.36. The summed E-state index contributed by atoms with van der Waals surface area (Å²) >= 11 is 6.14. The Morgan fingerprint density at radius 2 is 1.32 bits per heavy atom. The molecule has 73 heavy (non-hydrogen) atoms.